The number of ether oxygens (including phenoxy) is 1. The number of alkyl halides is 2. The van der Waals surface area contributed by atoms with E-state index in [4.69, 9.17) is 0 Å². The van der Waals surface area contributed by atoms with Crippen LogP contribution in [0.2, 0.25) is 0 Å². The summed E-state index contributed by atoms with van der Waals surface area (Å²) in [6.45, 7) is 0. The van der Waals surface area contributed by atoms with E-state index >= 15 is 0 Å². The van der Waals surface area contributed by atoms with Crippen LogP contribution in [0.5, 0.6) is 0 Å². The van der Waals surface area contributed by atoms with Crippen LogP contribution in [0, 0.1) is 0 Å². The standard InChI is InChI=1S/C9H7F2N3O2/c1-16-9(15)5-2-3-6-12-13-8(7(10)11)14(6)4-5/h2-4,7H,1H3. The van der Waals surface area contributed by atoms with Gasteiger partial charge in [0.1, 0.15) is 0 Å². The van der Waals surface area contributed by atoms with Gasteiger partial charge < -0.3 is 4.74 Å². The molecule has 7 heteroatoms. The van der Waals surface area contributed by atoms with E-state index in [1.165, 1.54) is 25.4 Å². The van der Waals surface area contributed by atoms with Gasteiger partial charge in [0, 0.05) is 6.20 Å². The second-order valence-corrected chi connectivity index (χ2v) is 3.00. The maximum atomic E-state index is 12.5. The Morgan fingerprint density at radius 3 is 2.81 bits per heavy atom. The number of pyridine rings is 1. The van der Waals surface area contributed by atoms with Crippen LogP contribution in [0.4, 0.5) is 8.78 Å². The summed E-state index contributed by atoms with van der Waals surface area (Å²) < 4.78 is 30.6. The number of nitrogens with zero attached hydrogens (tertiary/aromatic N) is 3. The summed E-state index contributed by atoms with van der Waals surface area (Å²) in [7, 11) is 1.21. The van der Waals surface area contributed by atoms with Gasteiger partial charge in [0.15, 0.2) is 5.65 Å². The molecule has 0 amide bonds. The molecule has 2 rings (SSSR count). The molecule has 0 aliphatic rings. The van der Waals surface area contributed by atoms with Crippen LogP contribution in [0.3, 0.4) is 0 Å². The number of rotatable bonds is 2. The summed E-state index contributed by atoms with van der Waals surface area (Å²) in [5, 5.41) is 6.88. The Labute approximate surface area is 88.7 Å². The number of carbonyl (C=O) groups is 1. The first-order chi connectivity index (χ1) is 7.63. The average molecular weight is 227 g/mol. The van der Waals surface area contributed by atoms with Crippen LogP contribution in [0.1, 0.15) is 22.6 Å². The predicted octanol–water partition coefficient (Wildman–Crippen LogP) is 1.45. The van der Waals surface area contributed by atoms with Crippen molar-refractivity contribution in [2.45, 2.75) is 6.43 Å². The molecule has 0 aliphatic heterocycles. The summed E-state index contributed by atoms with van der Waals surface area (Å²) >= 11 is 0. The maximum Gasteiger partial charge on any atom is 0.339 e. The van der Waals surface area contributed by atoms with E-state index in [-0.39, 0.29) is 11.2 Å². The molecule has 0 saturated carbocycles. The van der Waals surface area contributed by atoms with Crippen molar-refractivity contribution in [3.63, 3.8) is 0 Å². The Morgan fingerprint density at radius 1 is 1.44 bits per heavy atom. The summed E-state index contributed by atoms with van der Waals surface area (Å²) in [5.41, 5.74) is 0.416. The van der Waals surface area contributed by atoms with Gasteiger partial charge in [-0.15, -0.1) is 10.2 Å². The minimum absolute atomic E-state index is 0.164. The van der Waals surface area contributed by atoms with E-state index in [1.807, 2.05) is 0 Å². The first-order valence-corrected chi connectivity index (χ1v) is 4.34. The quantitative estimate of drug-likeness (QED) is 0.728. The van der Waals surface area contributed by atoms with Gasteiger partial charge in [0.05, 0.1) is 12.7 Å². The zero-order chi connectivity index (χ0) is 11.7. The van der Waals surface area contributed by atoms with E-state index < -0.39 is 18.2 Å². The fraction of sp³-hybridized carbons (Fsp3) is 0.222. The number of carbonyl (C=O) groups excluding carboxylic acids is 1. The minimum Gasteiger partial charge on any atom is -0.465 e. The number of halogens is 2. The highest BCUT2D eigenvalue weighted by Gasteiger charge is 2.17. The lowest BCUT2D eigenvalue weighted by Crippen LogP contribution is -2.04. The Balaban J connectivity index is 2.58. The van der Waals surface area contributed by atoms with Crippen molar-refractivity contribution in [2.75, 3.05) is 7.11 Å². The zero-order valence-corrected chi connectivity index (χ0v) is 8.22. The average Bonchev–Trinajstić information content (AvgIpc) is 2.70. The Bertz CT molecular complexity index is 539. The van der Waals surface area contributed by atoms with Crippen LogP contribution >= 0.6 is 0 Å². The molecule has 0 saturated heterocycles. The second kappa shape index (κ2) is 3.84. The monoisotopic (exact) mass is 227 g/mol. The molecule has 84 valence electrons. The van der Waals surface area contributed by atoms with Gasteiger partial charge in [-0.1, -0.05) is 0 Å². The zero-order valence-electron chi connectivity index (χ0n) is 8.22. The molecule has 0 atom stereocenters. The molecule has 0 spiro atoms. The smallest absolute Gasteiger partial charge is 0.339 e. The third-order valence-electron chi connectivity index (χ3n) is 2.04. The number of aromatic nitrogens is 3. The minimum atomic E-state index is -2.75. The molecule has 0 N–H and O–H groups in total. The number of hydrogen-bond donors (Lipinski definition) is 0. The Kier molecular flexibility index (Phi) is 2.51. The molecule has 16 heavy (non-hydrogen) atoms. The molecule has 5 nitrogen and oxygen atoms in total. The lowest BCUT2D eigenvalue weighted by molar-refractivity contribution is 0.0599. The van der Waals surface area contributed by atoms with E-state index in [0.717, 1.165) is 4.40 Å². The second-order valence-electron chi connectivity index (χ2n) is 3.00. The van der Waals surface area contributed by atoms with E-state index in [1.54, 1.807) is 0 Å². The van der Waals surface area contributed by atoms with Crippen molar-refractivity contribution in [1.82, 2.24) is 14.6 Å². The van der Waals surface area contributed by atoms with E-state index in [9.17, 15) is 13.6 Å². The maximum absolute atomic E-state index is 12.5. The topological polar surface area (TPSA) is 56.5 Å². The fourth-order valence-electron chi connectivity index (χ4n) is 1.30. The van der Waals surface area contributed by atoms with Crippen LogP contribution < -0.4 is 0 Å². The third-order valence-corrected chi connectivity index (χ3v) is 2.04. The first kappa shape index (κ1) is 10.5. The van der Waals surface area contributed by atoms with Crippen LogP contribution in [0.15, 0.2) is 18.3 Å². The number of methoxy groups -OCH3 is 1. The molecular weight excluding hydrogens is 220 g/mol. The molecule has 0 fully saturated rings. The van der Waals surface area contributed by atoms with Crippen molar-refractivity contribution in [1.29, 1.82) is 0 Å². The number of fused-ring (bicyclic) bond motifs is 1. The summed E-state index contributed by atoms with van der Waals surface area (Å²) in [6.07, 6.45) is -1.52. The van der Waals surface area contributed by atoms with Crippen molar-refractivity contribution in [3.05, 3.63) is 29.7 Å². The fourth-order valence-corrected chi connectivity index (χ4v) is 1.30. The van der Waals surface area contributed by atoms with E-state index in [2.05, 4.69) is 14.9 Å². The van der Waals surface area contributed by atoms with Gasteiger partial charge in [-0.2, -0.15) is 0 Å². The highest BCUT2D eigenvalue weighted by Crippen LogP contribution is 2.18. The summed E-state index contributed by atoms with van der Waals surface area (Å²) in [5.74, 6) is -1.10. The molecule has 0 bridgehead atoms. The van der Waals surface area contributed by atoms with E-state index in [0.29, 0.717) is 0 Å². The lowest BCUT2D eigenvalue weighted by atomic mass is 10.3. The highest BCUT2D eigenvalue weighted by atomic mass is 19.3. The largest absolute Gasteiger partial charge is 0.465 e. The molecule has 0 aliphatic carbocycles. The van der Waals surface area contributed by atoms with Crippen molar-refractivity contribution < 1.29 is 18.3 Å². The van der Waals surface area contributed by atoms with Crippen LogP contribution in [-0.2, 0) is 4.74 Å². The van der Waals surface area contributed by atoms with Gasteiger partial charge >= 0.3 is 5.97 Å². The van der Waals surface area contributed by atoms with Crippen LogP contribution in [0.25, 0.3) is 5.65 Å². The van der Waals surface area contributed by atoms with Crippen molar-refractivity contribution in [3.8, 4) is 0 Å². The molecule has 0 radical (unpaired) electrons. The molecule has 2 heterocycles. The highest BCUT2D eigenvalue weighted by molar-refractivity contribution is 5.89. The summed E-state index contributed by atoms with van der Waals surface area (Å²) in [6, 6.07) is 2.86. The lowest BCUT2D eigenvalue weighted by Gasteiger charge is -2.01. The predicted molar refractivity (Wildman–Crippen MR) is 49.3 cm³/mol. The third kappa shape index (κ3) is 1.60. The Morgan fingerprint density at radius 2 is 2.19 bits per heavy atom. The van der Waals surface area contributed by atoms with Gasteiger partial charge in [-0.25, -0.2) is 13.6 Å². The molecule has 0 aromatic carbocycles. The molecule has 2 aromatic rings. The van der Waals surface area contributed by atoms with Crippen molar-refractivity contribution >= 4 is 11.6 Å². The van der Waals surface area contributed by atoms with Gasteiger partial charge in [0.2, 0.25) is 5.82 Å². The van der Waals surface area contributed by atoms with Gasteiger partial charge in [-0.05, 0) is 12.1 Å². The molecule has 2 aromatic heterocycles. The molecular formula is C9H7F2N3O2. The number of esters is 1. The summed E-state index contributed by atoms with van der Waals surface area (Å²) in [4.78, 5) is 11.2. The normalized spacial score (nSPS) is 11.0. The SMILES string of the molecule is COC(=O)c1ccc2nnc(C(F)F)n2c1. The van der Waals surface area contributed by atoms with Crippen LogP contribution in [-0.4, -0.2) is 27.7 Å². The Hall–Kier alpha value is -2.05. The molecule has 0 unspecified atom stereocenters. The van der Waals surface area contributed by atoms with Gasteiger partial charge in [0.25, 0.3) is 6.43 Å². The first-order valence-electron chi connectivity index (χ1n) is 4.34. The van der Waals surface area contributed by atoms with Gasteiger partial charge in [-0.3, -0.25) is 4.40 Å². The van der Waals surface area contributed by atoms with Crippen molar-refractivity contribution in [2.24, 2.45) is 0 Å². The number of hydrogen-bond acceptors (Lipinski definition) is 4.